The lowest BCUT2D eigenvalue weighted by Crippen LogP contribution is -2.09. The third kappa shape index (κ3) is 4.65. The van der Waals surface area contributed by atoms with Crippen molar-refractivity contribution in [3.05, 3.63) is 50.7 Å². The second-order valence-corrected chi connectivity index (χ2v) is 3.66. The molecule has 0 fully saturated rings. The van der Waals surface area contributed by atoms with Crippen molar-refractivity contribution in [3.8, 4) is 0 Å². The molecule has 1 rings (SSSR count). The van der Waals surface area contributed by atoms with Crippen LogP contribution < -0.4 is 0 Å². The number of carbonyl (C=O) groups excluding carboxylic acids is 1. The monoisotopic (exact) mass is 255 g/mol. The number of nitro groups is 1. The van der Waals surface area contributed by atoms with Gasteiger partial charge in [0.05, 0.1) is 4.92 Å². The first-order valence-corrected chi connectivity index (χ1v) is 5.10. The summed E-state index contributed by atoms with van der Waals surface area (Å²) in [7, 11) is 0. The number of hydrogen-bond acceptors (Lipinski definition) is 4. The van der Waals surface area contributed by atoms with Gasteiger partial charge < -0.3 is 4.74 Å². The highest BCUT2D eigenvalue weighted by Crippen LogP contribution is 2.14. The third-order valence-corrected chi connectivity index (χ3v) is 2.07. The van der Waals surface area contributed by atoms with Crippen LogP contribution in [-0.2, 0) is 9.53 Å². The topological polar surface area (TPSA) is 69.4 Å². The molecule has 0 N–H and O–H groups in total. The summed E-state index contributed by atoms with van der Waals surface area (Å²) in [5.74, 6) is -0.566. The van der Waals surface area contributed by atoms with Gasteiger partial charge in [-0.2, -0.15) is 0 Å². The Morgan fingerprint density at radius 1 is 1.59 bits per heavy atom. The van der Waals surface area contributed by atoms with Crippen LogP contribution >= 0.6 is 11.6 Å². The maximum absolute atomic E-state index is 10.7. The van der Waals surface area contributed by atoms with Gasteiger partial charge in [0, 0.05) is 18.0 Å². The molecule has 0 aliphatic rings. The zero-order valence-corrected chi connectivity index (χ0v) is 9.81. The van der Waals surface area contributed by atoms with E-state index in [0.717, 1.165) is 0 Å². The molecule has 0 unspecified atom stereocenters. The first kappa shape index (κ1) is 13.2. The van der Waals surface area contributed by atoms with Gasteiger partial charge in [-0.15, -0.1) is 0 Å². The number of rotatable bonds is 4. The van der Waals surface area contributed by atoms with Gasteiger partial charge in [-0.1, -0.05) is 23.7 Å². The molecule has 6 heteroatoms. The number of esters is 1. The third-order valence-electron chi connectivity index (χ3n) is 1.84. The fourth-order valence-electron chi connectivity index (χ4n) is 1.11. The van der Waals surface area contributed by atoms with E-state index in [2.05, 4.69) is 4.74 Å². The molecule has 0 saturated carbocycles. The summed E-state index contributed by atoms with van der Waals surface area (Å²) in [6.07, 6.45) is 1.31. The Morgan fingerprint density at radius 2 is 2.29 bits per heavy atom. The van der Waals surface area contributed by atoms with Crippen LogP contribution in [0.1, 0.15) is 12.5 Å². The number of ether oxygens (including phenoxy) is 1. The predicted octanol–water partition coefficient (Wildman–Crippen LogP) is 2.52. The Bertz CT molecular complexity index is 470. The van der Waals surface area contributed by atoms with Crippen molar-refractivity contribution in [1.82, 2.24) is 0 Å². The maximum atomic E-state index is 10.7. The number of halogens is 1. The highest BCUT2D eigenvalue weighted by atomic mass is 35.5. The molecule has 0 spiro atoms. The molecule has 0 bridgehead atoms. The lowest BCUT2D eigenvalue weighted by atomic mass is 10.2. The maximum Gasteiger partial charge on any atom is 0.303 e. The number of hydrogen-bond donors (Lipinski definition) is 0. The van der Waals surface area contributed by atoms with E-state index in [9.17, 15) is 14.9 Å². The quantitative estimate of drug-likeness (QED) is 0.471. The predicted molar refractivity (Wildman–Crippen MR) is 63.1 cm³/mol. The standard InChI is InChI=1S/C11H10ClNO4/c1-8(14)17-7-11(13(15)16)6-9-3-2-4-10(12)5-9/h2-6H,7H2,1H3. The largest absolute Gasteiger partial charge is 0.454 e. The smallest absolute Gasteiger partial charge is 0.303 e. The molecule has 0 aromatic heterocycles. The Kier molecular flexibility index (Phi) is 4.66. The molecule has 0 atom stereocenters. The van der Waals surface area contributed by atoms with Crippen LogP contribution in [0.2, 0.25) is 5.02 Å². The van der Waals surface area contributed by atoms with Gasteiger partial charge in [0.1, 0.15) is 0 Å². The van der Waals surface area contributed by atoms with Crippen LogP contribution in [0, 0.1) is 10.1 Å². The molecule has 1 aromatic rings. The fraction of sp³-hybridized carbons (Fsp3) is 0.182. The summed E-state index contributed by atoms with van der Waals surface area (Å²) in [4.78, 5) is 20.7. The molecule has 0 aliphatic heterocycles. The number of benzene rings is 1. The Balaban J connectivity index is 2.90. The Labute approximate surface area is 103 Å². The molecule has 0 saturated heterocycles. The number of nitrogens with zero attached hydrogens (tertiary/aromatic N) is 1. The minimum Gasteiger partial charge on any atom is -0.454 e. The van der Waals surface area contributed by atoms with E-state index in [1.165, 1.54) is 13.0 Å². The van der Waals surface area contributed by atoms with Crippen LogP contribution in [0.3, 0.4) is 0 Å². The van der Waals surface area contributed by atoms with Crippen LogP contribution in [0.5, 0.6) is 0 Å². The van der Waals surface area contributed by atoms with Gasteiger partial charge >= 0.3 is 5.97 Å². The van der Waals surface area contributed by atoms with Crippen LogP contribution in [0.4, 0.5) is 0 Å². The molecule has 0 aliphatic carbocycles. The molecular weight excluding hydrogens is 246 g/mol. The minimum atomic E-state index is -0.593. The fourth-order valence-corrected chi connectivity index (χ4v) is 1.31. The summed E-state index contributed by atoms with van der Waals surface area (Å²) in [6.45, 7) is 0.825. The van der Waals surface area contributed by atoms with Crippen LogP contribution in [0.25, 0.3) is 6.08 Å². The van der Waals surface area contributed by atoms with Crippen molar-refractivity contribution in [3.63, 3.8) is 0 Å². The molecule has 90 valence electrons. The van der Waals surface area contributed by atoms with E-state index < -0.39 is 10.9 Å². The van der Waals surface area contributed by atoms with Crippen molar-refractivity contribution < 1.29 is 14.5 Å². The van der Waals surface area contributed by atoms with E-state index in [1.54, 1.807) is 24.3 Å². The van der Waals surface area contributed by atoms with Crippen molar-refractivity contribution in [1.29, 1.82) is 0 Å². The summed E-state index contributed by atoms with van der Waals surface area (Å²) in [6, 6.07) is 6.59. The molecular formula is C11H10ClNO4. The van der Waals surface area contributed by atoms with Crippen LogP contribution in [-0.4, -0.2) is 17.5 Å². The van der Waals surface area contributed by atoms with Gasteiger partial charge in [0.2, 0.25) is 0 Å². The highest BCUT2D eigenvalue weighted by molar-refractivity contribution is 6.30. The second kappa shape index (κ2) is 6.00. The van der Waals surface area contributed by atoms with E-state index in [1.807, 2.05) is 0 Å². The van der Waals surface area contributed by atoms with E-state index in [0.29, 0.717) is 10.6 Å². The lowest BCUT2D eigenvalue weighted by Gasteiger charge is -2.00. The van der Waals surface area contributed by atoms with E-state index in [4.69, 9.17) is 11.6 Å². The molecule has 1 aromatic carbocycles. The highest BCUT2D eigenvalue weighted by Gasteiger charge is 2.12. The summed E-state index contributed by atoms with van der Waals surface area (Å²) >= 11 is 5.75. The Morgan fingerprint density at radius 3 is 2.82 bits per heavy atom. The zero-order valence-electron chi connectivity index (χ0n) is 9.05. The van der Waals surface area contributed by atoms with Crippen molar-refractivity contribution in [2.75, 3.05) is 6.61 Å². The average molecular weight is 256 g/mol. The second-order valence-electron chi connectivity index (χ2n) is 3.23. The molecule has 0 amide bonds. The molecule has 0 heterocycles. The minimum absolute atomic E-state index is 0.206. The zero-order chi connectivity index (χ0) is 12.8. The van der Waals surface area contributed by atoms with Crippen molar-refractivity contribution in [2.45, 2.75) is 6.92 Å². The normalized spacial score (nSPS) is 11.1. The van der Waals surface area contributed by atoms with Gasteiger partial charge in [0.25, 0.3) is 5.70 Å². The number of carbonyl (C=O) groups is 1. The molecule has 5 nitrogen and oxygen atoms in total. The van der Waals surface area contributed by atoms with Crippen molar-refractivity contribution >= 4 is 23.6 Å². The first-order valence-electron chi connectivity index (χ1n) is 4.73. The first-order chi connectivity index (χ1) is 7.99. The Hall–Kier alpha value is -1.88. The SMILES string of the molecule is CC(=O)OCC(=Cc1cccc(Cl)c1)[N+](=O)[O-]. The average Bonchev–Trinajstić information content (AvgIpc) is 2.23. The lowest BCUT2D eigenvalue weighted by molar-refractivity contribution is -0.428. The summed E-state index contributed by atoms with van der Waals surface area (Å²) in [5.41, 5.74) is 0.374. The summed E-state index contributed by atoms with van der Waals surface area (Å²) < 4.78 is 4.59. The van der Waals surface area contributed by atoms with Gasteiger partial charge in [-0.3, -0.25) is 14.9 Å². The van der Waals surface area contributed by atoms with Crippen LogP contribution in [0.15, 0.2) is 30.0 Å². The van der Waals surface area contributed by atoms with E-state index >= 15 is 0 Å². The van der Waals surface area contributed by atoms with Gasteiger partial charge in [0.15, 0.2) is 6.61 Å². The van der Waals surface area contributed by atoms with Gasteiger partial charge in [-0.25, -0.2) is 0 Å². The molecule has 17 heavy (non-hydrogen) atoms. The molecule has 0 radical (unpaired) electrons. The summed E-state index contributed by atoms with van der Waals surface area (Å²) in [5, 5.41) is 11.2. The van der Waals surface area contributed by atoms with Crippen molar-refractivity contribution in [2.24, 2.45) is 0 Å². The van der Waals surface area contributed by atoms with Gasteiger partial charge in [-0.05, 0) is 17.7 Å². The van der Waals surface area contributed by atoms with E-state index in [-0.39, 0.29) is 12.3 Å².